The number of methoxy groups -OCH3 is 1. The van der Waals surface area contributed by atoms with E-state index in [4.69, 9.17) is 15.2 Å². The summed E-state index contributed by atoms with van der Waals surface area (Å²) in [6.45, 7) is 5.82. The van der Waals surface area contributed by atoms with Gasteiger partial charge in [0.25, 0.3) is 0 Å². The van der Waals surface area contributed by atoms with Crippen LogP contribution in [-0.2, 0) is 11.2 Å². The lowest BCUT2D eigenvalue weighted by Crippen LogP contribution is -2.44. The minimum absolute atomic E-state index is 0.199. The van der Waals surface area contributed by atoms with Crippen molar-refractivity contribution < 1.29 is 14.3 Å². The number of hydrogen-bond donors (Lipinski definition) is 3. The van der Waals surface area contributed by atoms with Crippen LogP contribution in [0, 0.1) is 0 Å². The maximum absolute atomic E-state index is 11.9. The molecule has 0 aliphatic rings. The average Bonchev–Trinajstić information content (AvgIpc) is 2.86. The van der Waals surface area contributed by atoms with Crippen LogP contribution in [0.15, 0.2) is 24.4 Å². The molecule has 0 aliphatic carbocycles. The standard InChI is InChI=1S/C17H25N3O3/c1-17(2,3)23-16(21)20-12(9-18)7-11-10-19-15-6-5-13(22-4)8-14(11)15/h5-6,8,10,12,19H,7,9,18H2,1-4H3,(H,20,21)/t12-/m1/s1. The van der Waals surface area contributed by atoms with E-state index in [1.54, 1.807) is 7.11 Å². The Morgan fingerprint density at radius 2 is 2.13 bits per heavy atom. The minimum atomic E-state index is -0.530. The molecule has 1 atom stereocenters. The number of carbonyl (C=O) groups excluding carboxylic acids is 1. The molecule has 0 unspecified atom stereocenters. The van der Waals surface area contributed by atoms with Crippen molar-refractivity contribution in [2.45, 2.75) is 38.8 Å². The number of benzene rings is 1. The SMILES string of the molecule is COc1ccc2[nH]cc(C[C@H](CN)NC(=O)OC(C)(C)C)c2c1. The van der Waals surface area contributed by atoms with E-state index in [-0.39, 0.29) is 6.04 Å². The van der Waals surface area contributed by atoms with E-state index in [9.17, 15) is 4.79 Å². The van der Waals surface area contributed by atoms with Crippen molar-refractivity contribution in [1.29, 1.82) is 0 Å². The molecule has 2 rings (SSSR count). The maximum Gasteiger partial charge on any atom is 0.407 e. The van der Waals surface area contributed by atoms with Gasteiger partial charge in [0.1, 0.15) is 11.4 Å². The number of fused-ring (bicyclic) bond motifs is 1. The maximum atomic E-state index is 11.9. The lowest BCUT2D eigenvalue weighted by atomic mass is 10.0. The summed E-state index contributed by atoms with van der Waals surface area (Å²) in [5.74, 6) is 0.794. The first-order valence-corrected chi connectivity index (χ1v) is 7.66. The molecule has 126 valence electrons. The number of carbonyl (C=O) groups is 1. The molecule has 1 heterocycles. The van der Waals surface area contributed by atoms with Crippen molar-refractivity contribution in [2.75, 3.05) is 13.7 Å². The number of hydrogen-bond acceptors (Lipinski definition) is 4. The fourth-order valence-electron chi connectivity index (χ4n) is 2.39. The van der Waals surface area contributed by atoms with Crippen molar-refractivity contribution in [3.63, 3.8) is 0 Å². The normalized spacial score (nSPS) is 12.9. The summed E-state index contributed by atoms with van der Waals surface area (Å²) < 4.78 is 10.5. The lowest BCUT2D eigenvalue weighted by Gasteiger charge is -2.23. The Balaban J connectivity index is 2.11. The first-order chi connectivity index (χ1) is 10.8. The second-order valence-corrected chi connectivity index (χ2v) is 6.51. The van der Waals surface area contributed by atoms with E-state index in [0.29, 0.717) is 13.0 Å². The van der Waals surface area contributed by atoms with Crippen molar-refractivity contribution in [1.82, 2.24) is 10.3 Å². The second-order valence-electron chi connectivity index (χ2n) is 6.51. The predicted octanol–water partition coefficient (Wildman–Crippen LogP) is 2.57. The molecule has 1 aromatic heterocycles. The molecule has 0 fully saturated rings. The molecular formula is C17H25N3O3. The number of aromatic nitrogens is 1. The summed E-state index contributed by atoms with van der Waals surface area (Å²) in [5, 5.41) is 3.89. The molecule has 0 radical (unpaired) electrons. The highest BCUT2D eigenvalue weighted by Gasteiger charge is 2.20. The largest absolute Gasteiger partial charge is 0.497 e. The molecule has 6 nitrogen and oxygen atoms in total. The number of aromatic amines is 1. The monoisotopic (exact) mass is 319 g/mol. The Kier molecular flexibility index (Phi) is 5.15. The Bertz CT molecular complexity index is 673. The third kappa shape index (κ3) is 4.63. The van der Waals surface area contributed by atoms with Gasteiger partial charge in [0.05, 0.1) is 7.11 Å². The van der Waals surface area contributed by atoms with Crippen LogP contribution in [0.5, 0.6) is 5.75 Å². The van der Waals surface area contributed by atoms with Crippen LogP contribution in [0.4, 0.5) is 4.79 Å². The van der Waals surface area contributed by atoms with Crippen LogP contribution >= 0.6 is 0 Å². The smallest absolute Gasteiger partial charge is 0.407 e. The molecule has 4 N–H and O–H groups in total. The van der Waals surface area contributed by atoms with E-state index in [1.165, 1.54) is 0 Å². The topological polar surface area (TPSA) is 89.4 Å². The summed E-state index contributed by atoms with van der Waals surface area (Å²) in [4.78, 5) is 15.1. The first kappa shape index (κ1) is 17.1. The third-order valence-corrected chi connectivity index (χ3v) is 3.45. The van der Waals surface area contributed by atoms with Gasteiger partial charge in [-0.3, -0.25) is 0 Å². The molecule has 0 spiro atoms. The molecule has 6 heteroatoms. The molecule has 0 aliphatic heterocycles. The Morgan fingerprint density at radius 3 is 2.74 bits per heavy atom. The lowest BCUT2D eigenvalue weighted by molar-refractivity contribution is 0.0506. The highest BCUT2D eigenvalue weighted by molar-refractivity contribution is 5.84. The summed E-state index contributed by atoms with van der Waals surface area (Å²) >= 11 is 0. The van der Waals surface area contributed by atoms with Crippen molar-refractivity contribution >= 4 is 17.0 Å². The van der Waals surface area contributed by atoms with Crippen LogP contribution in [0.25, 0.3) is 10.9 Å². The summed E-state index contributed by atoms with van der Waals surface area (Å²) in [5.41, 5.74) is 7.36. The van der Waals surface area contributed by atoms with E-state index in [1.807, 2.05) is 45.2 Å². The van der Waals surface area contributed by atoms with Crippen LogP contribution < -0.4 is 15.8 Å². The highest BCUT2D eigenvalue weighted by Crippen LogP contribution is 2.24. The molecule has 0 bridgehead atoms. The van der Waals surface area contributed by atoms with Gasteiger partial charge in [0.2, 0.25) is 0 Å². The van der Waals surface area contributed by atoms with Crippen molar-refractivity contribution in [3.05, 3.63) is 30.0 Å². The van der Waals surface area contributed by atoms with Gasteiger partial charge in [-0.05, 0) is 51.0 Å². The van der Waals surface area contributed by atoms with Crippen LogP contribution in [0.1, 0.15) is 26.3 Å². The number of amides is 1. The predicted molar refractivity (Wildman–Crippen MR) is 90.8 cm³/mol. The molecule has 0 saturated heterocycles. The number of alkyl carbamates (subject to hydrolysis) is 1. The molecule has 23 heavy (non-hydrogen) atoms. The van der Waals surface area contributed by atoms with E-state index in [0.717, 1.165) is 22.2 Å². The zero-order chi connectivity index (χ0) is 17.0. The van der Waals surface area contributed by atoms with E-state index >= 15 is 0 Å². The fourth-order valence-corrected chi connectivity index (χ4v) is 2.39. The quantitative estimate of drug-likeness (QED) is 0.790. The van der Waals surface area contributed by atoms with Gasteiger partial charge in [-0.25, -0.2) is 4.79 Å². The zero-order valence-corrected chi connectivity index (χ0v) is 14.1. The van der Waals surface area contributed by atoms with Crippen LogP contribution in [0.2, 0.25) is 0 Å². The summed E-state index contributed by atoms with van der Waals surface area (Å²) in [7, 11) is 1.64. The summed E-state index contributed by atoms with van der Waals surface area (Å²) in [6.07, 6.45) is 2.09. The molecule has 1 amide bonds. The van der Waals surface area contributed by atoms with Gasteiger partial charge in [-0.15, -0.1) is 0 Å². The number of nitrogens with two attached hydrogens (primary N) is 1. The van der Waals surface area contributed by atoms with Gasteiger partial charge >= 0.3 is 6.09 Å². The first-order valence-electron chi connectivity index (χ1n) is 7.66. The molecule has 0 saturated carbocycles. The Labute approximate surface area is 136 Å². The average molecular weight is 319 g/mol. The molecule has 2 aromatic rings. The second kappa shape index (κ2) is 6.91. The summed E-state index contributed by atoms with van der Waals surface area (Å²) in [6, 6.07) is 5.65. The van der Waals surface area contributed by atoms with Gasteiger partial charge in [-0.2, -0.15) is 0 Å². The van der Waals surface area contributed by atoms with Gasteiger partial charge in [0, 0.05) is 29.7 Å². The third-order valence-electron chi connectivity index (χ3n) is 3.45. The minimum Gasteiger partial charge on any atom is -0.497 e. The molecule has 1 aromatic carbocycles. The van der Waals surface area contributed by atoms with Crippen molar-refractivity contribution in [2.24, 2.45) is 5.73 Å². The number of ether oxygens (including phenoxy) is 2. The Hall–Kier alpha value is -2.21. The Morgan fingerprint density at radius 1 is 1.39 bits per heavy atom. The highest BCUT2D eigenvalue weighted by atomic mass is 16.6. The molecular weight excluding hydrogens is 294 g/mol. The number of rotatable bonds is 5. The zero-order valence-electron chi connectivity index (χ0n) is 14.1. The van der Waals surface area contributed by atoms with E-state index in [2.05, 4.69) is 10.3 Å². The van der Waals surface area contributed by atoms with Gasteiger partial charge in [-0.1, -0.05) is 0 Å². The van der Waals surface area contributed by atoms with Crippen LogP contribution in [0.3, 0.4) is 0 Å². The van der Waals surface area contributed by atoms with E-state index < -0.39 is 11.7 Å². The fraction of sp³-hybridized carbons (Fsp3) is 0.471. The van der Waals surface area contributed by atoms with Gasteiger partial charge in [0.15, 0.2) is 0 Å². The van der Waals surface area contributed by atoms with Gasteiger partial charge < -0.3 is 25.5 Å². The van der Waals surface area contributed by atoms with Crippen LogP contribution in [-0.4, -0.2) is 36.4 Å². The van der Waals surface area contributed by atoms with Crippen molar-refractivity contribution in [3.8, 4) is 5.75 Å². The number of nitrogens with one attached hydrogen (secondary N) is 2. The number of H-pyrrole nitrogens is 1.